The van der Waals surface area contributed by atoms with Gasteiger partial charge in [-0.25, -0.2) is 0 Å². The molecule has 3 aliphatic rings. The van der Waals surface area contributed by atoms with Crippen LogP contribution < -0.4 is 21.1 Å². The Morgan fingerprint density at radius 2 is 1.89 bits per heavy atom. The van der Waals surface area contributed by atoms with E-state index in [0.29, 0.717) is 57.1 Å². The van der Waals surface area contributed by atoms with Crippen molar-refractivity contribution < 1.29 is 22.7 Å². The maximum Gasteiger partial charge on any atom is 0.416 e. The number of ether oxygens (including phenoxy) is 1. The van der Waals surface area contributed by atoms with Crippen LogP contribution in [-0.2, 0) is 22.1 Å². The Morgan fingerprint density at radius 3 is 2.58 bits per heavy atom. The van der Waals surface area contributed by atoms with Crippen LogP contribution in [0.2, 0.25) is 0 Å². The molecule has 0 bridgehead atoms. The molecule has 1 amide bonds. The molecule has 2 N–H and O–H groups in total. The van der Waals surface area contributed by atoms with Crippen molar-refractivity contribution in [3.05, 3.63) is 57.8 Å². The second-order valence-electron chi connectivity index (χ2n) is 9.53. The summed E-state index contributed by atoms with van der Waals surface area (Å²) in [5.41, 5.74) is 1.30. The van der Waals surface area contributed by atoms with Gasteiger partial charge in [0.05, 0.1) is 24.5 Å². The molecule has 0 saturated carbocycles. The van der Waals surface area contributed by atoms with Gasteiger partial charge in [0.2, 0.25) is 11.7 Å². The number of nitrogens with zero attached hydrogens (tertiary/aromatic N) is 5. The Hall–Kier alpha value is -3.71. The van der Waals surface area contributed by atoms with E-state index in [9.17, 15) is 22.8 Å². The molecule has 2 aromatic heterocycles. The number of benzene rings is 1. The van der Waals surface area contributed by atoms with Gasteiger partial charge in [-0.05, 0) is 49.1 Å². The van der Waals surface area contributed by atoms with E-state index in [2.05, 4.69) is 20.7 Å². The topological polar surface area (TPSA) is 106 Å². The number of alkyl halides is 3. The number of hydrogen-bond acceptors (Lipinski definition) is 7. The van der Waals surface area contributed by atoms with E-state index in [1.165, 1.54) is 16.6 Å². The molecule has 6 rings (SSSR count). The Bertz CT molecular complexity index is 1470. The number of piperazine rings is 1. The summed E-state index contributed by atoms with van der Waals surface area (Å²) in [6.45, 7) is 3.69. The lowest BCUT2D eigenvalue weighted by Crippen LogP contribution is -2.46. The molecule has 1 aromatic carbocycles. The summed E-state index contributed by atoms with van der Waals surface area (Å²) in [5, 5.41) is 10.6. The first-order valence-electron chi connectivity index (χ1n) is 12.6. The van der Waals surface area contributed by atoms with Crippen LogP contribution in [0.5, 0.6) is 0 Å². The molecule has 1 saturated heterocycles. The lowest BCUT2D eigenvalue weighted by molar-refractivity contribution is -0.137. The van der Waals surface area contributed by atoms with Crippen LogP contribution in [0, 0.1) is 0 Å². The van der Waals surface area contributed by atoms with Crippen molar-refractivity contribution in [3.63, 3.8) is 0 Å². The molecule has 3 aliphatic heterocycles. The summed E-state index contributed by atoms with van der Waals surface area (Å²) in [6, 6.07) is 3.62. The fraction of sp³-hybridized carbons (Fsp3) is 0.440. The van der Waals surface area contributed by atoms with Gasteiger partial charge in [0, 0.05) is 31.9 Å². The Morgan fingerprint density at radius 1 is 1.13 bits per heavy atom. The molecule has 3 aromatic rings. The van der Waals surface area contributed by atoms with Gasteiger partial charge in [-0.1, -0.05) is 6.08 Å². The van der Waals surface area contributed by atoms with Gasteiger partial charge in [0.25, 0.3) is 5.56 Å². The second-order valence-corrected chi connectivity index (χ2v) is 9.53. The number of nitrogens with one attached hydrogen (secondary N) is 2. The van der Waals surface area contributed by atoms with Crippen LogP contribution >= 0.6 is 0 Å². The number of aromatic nitrogens is 4. The molecule has 1 atom stereocenters. The summed E-state index contributed by atoms with van der Waals surface area (Å²) in [7, 11) is 0. The Balaban J connectivity index is 1.41. The van der Waals surface area contributed by atoms with E-state index in [1.807, 2.05) is 11.0 Å². The number of anilines is 2. The standard InChI is InChI=1S/C25H26F3N7O3/c26-25(27,28)16-1-3-17(4-2-16)30-22(36)19-6-5-18-20(33-11-9-29-10-12-33)23(37)35-24(34(18)19)31-21(32-35)15-7-13-38-14-8-15/h1-4,7,19,29H,5-6,8-14H2,(H,30,36)/t19-/m0/s1. The first-order chi connectivity index (χ1) is 18.3. The second kappa shape index (κ2) is 9.55. The van der Waals surface area contributed by atoms with E-state index >= 15 is 0 Å². The smallest absolute Gasteiger partial charge is 0.377 e. The molecule has 0 aliphatic carbocycles. The molecule has 1 fully saturated rings. The first-order valence-corrected chi connectivity index (χ1v) is 12.6. The zero-order valence-corrected chi connectivity index (χ0v) is 20.4. The summed E-state index contributed by atoms with van der Waals surface area (Å²) in [6.07, 6.45) is -1.06. The summed E-state index contributed by atoms with van der Waals surface area (Å²) >= 11 is 0. The molecular formula is C25H26F3N7O3. The van der Waals surface area contributed by atoms with Crippen LogP contribution in [0.15, 0.2) is 35.1 Å². The van der Waals surface area contributed by atoms with Crippen molar-refractivity contribution in [1.82, 2.24) is 24.5 Å². The number of halogens is 3. The van der Waals surface area contributed by atoms with Crippen molar-refractivity contribution in [2.75, 3.05) is 49.6 Å². The molecule has 0 unspecified atom stereocenters. The average Bonchev–Trinajstić information content (AvgIpc) is 3.55. The largest absolute Gasteiger partial charge is 0.416 e. The van der Waals surface area contributed by atoms with Gasteiger partial charge >= 0.3 is 6.18 Å². The third kappa shape index (κ3) is 4.35. The molecule has 5 heterocycles. The van der Waals surface area contributed by atoms with Crippen molar-refractivity contribution in [3.8, 4) is 0 Å². The predicted molar refractivity (Wildman–Crippen MR) is 133 cm³/mol. The minimum atomic E-state index is -4.46. The zero-order chi connectivity index (χ0) is 26.4. The SMILES string of the molecule is O=C(Nc1ccc(C(F)(F)F)cc1)[C@@H]1CCc2c(N3CCNCC3)c(=O)n3nc(C4=CCOCC4)nc3n21. The van der Waals surface area contributed by atoms with Gasteiger partial charge in [-0.2, -0.15) is 22.7 Å². The number of rotatable bonds is 4. The lowest BCUT2D eigenvalue weighted by Gasteiger charge is -2.30. The average molecular weight is 530 g/mol. The van der Waals surface area contributed by atoms with Crippen LogP contribution in [-0.4, -0.2) is 64.5 Å². The van der Waals surface area contributed by atoms with Crippen molar-refractivity contribution >= 4 is 28.6 Å². The van der Waals surface area contributed by atoms with E-state index < -0.39 is 23.7 Å². The monoisotopic (exact) mass is 529 g/mol. The molecular weight excluding hydrogens is 503 g/mol. The highest BCUT2D eigenvalue weighted by Gasteiger charge is 2.36. The molecule has 0 radical (unpaired) electrons. The summed E-state index contributed by atoms with van der Waals surface area (Å²) in [5.74, 6) is 0.304. The van der Waals surface area contributed by atoms with Gasteiger partial charge < -0.3 is 20.3 Å². The number of carbonyl (C=O) groups is 1. The number of fused-ring (bicyclic) bond motifs is 3. The van der Waals surface area contributed by atoms with Gasteiger partial charge in [0.15, 0.2) is 5.82 Å². The number of carbonyl (C=O) groups excluding carboxylic acids is 1. The lowest BCUT2D eigenvalue weighted by atomic mass is 10.1. The molecule has 200 valence electrons. The normalized spacial score (nSPS) is 19.9. The molecule has 13 heteroatoms. The van der Waals surface area contributed by atoms with E-state index in [-0.39, 0.29) is 17.0 Å². The first kappa shape index (κ1) is 24.6. The van der Waals surface area contributed by atoms with Crippen LogP contribution in [0.3, 0.4) is 0 Å². The van der Waals surface area contributed by atoms with E-state index in [1.54, 1.807) is 4.57 Å². The highest BCUT2D eigenvalue weighted by atomic mass is 19.4. The summed E-state index contributed by atoms with van der Waals surface area (Å²) < 4.78 is 47.3. The number of amides is 1. The third-order valence-electron chi connectivity index (χ3n) is 7.20. The van der Waals surface area contributed by atoms with Crippen molar-refractivity contribution in [2.45, 2.75) is 31.5 Å². The number of hydrogen-bond donors (Lipinski definition) is 2. The fourth-order valence-corrected chi connectivity index (χ4v) is 5.31. The van der Waals surface area contributed by atoms with Crippen molar-refractivity contribution in [2.24, 2.45) is 0 Å². The van der Waals surface area contributed by atoms with E-state index in [4.69, 9.17) is 4.74 Å². The maximum absolute atomic E-state index is 13.7. The predicted octanol–water partition coefficient (Wildman–Crippen LogP) is 2.25. The van der Waals surface area contributed by atoms with Gasteiger partial charge in [0.1, 0.15) is 11.7 Å². The fourth-order valence-electron chi connectivity index (χ4n) is 5.31. The minimum Gasteiger partial charge on any atom is -0.377 e. The minimum absolute atomic E-state index is 0.255. The van der Waals surface area contributed by atoms with Crippen LogP contribution in [0.4, 0.5) is 24.5 Å². The van der Waals surface area contributed by atoms with E-state index in [0.717, 1.165) is 36.5 Å². The van der Waals surface area contributed by atoms with Crippen LogP contribution in [0.1, 0.15) is 36.0 Å². The molecule has 38 heavy (non-hydrogen) atoms. The van der Waals surface area contributed by atoms with Crippen molar-refractivity contribution in [1.29, 1.82) is 0 Å². The quantitative estimate of drug-likeness (QED) is 0.534. The summed E-state index contributed by atoms with van der Waals surface area (Å²) in [4.78, 5) is 33.9. The van der Waals surface area contributed by atoms with Gasteiger partial charge in [-0.3, -0.25) is 14.2 Å². The molecule has 10 nitrogen and oxygen atoms in total. The van der Waals surface area contributed by atoms with Crippen LogP contribution in [0.25, 0.3) is 11.4 Å². The maximum atomic E-state index is 13.7. The Labute approximate surface area is 215 Å². The highest BCUT2D eigenvalue weighted by molar-refractivity contribution is 5.94. The highest BCUT2D eigenvalue weighted by Crippen LogP contribution is 2.35. The zero-order valence-electron chi connectivity index (χ0n) is 20.4. The van der Waals surface area contributed by atoms with Gasteiger partial charge in [-0.15, -0.1) is 5.10 Å². The Kier molecular flexibility index (Phi) is 6.19. The molecule has 0 spiro atoms. The third-order valence-corrected chi connectivity index (χ3v) is 7.20.